The molecule has 1 aliphatic heterocycles. The van der Waals surface area contributed by atoms with Gasteiger partial charge >= 0.3 is 12.3 Å². The summed E-state index contributed by atoms with van der Waals surface area (Å²) < 4.78 is 38.4. The van der Waals surface area contributed by atoms with Crippen LogP contribution in [0.15, 0.2) is 24.4 Å². The molecule has 2 N–H and O–H groups in total. The number of nitrogens with one attached hydrogen (secondary N) is 1. The molecule has 1 aliphatic rings. The van der Waals surface area contributed by atoms with Crippen molar-refractivity contribution in [3.63, 3.8) is 0 Å². The molecule has 0 aliphatic carbocycles. The zero-order chi connectivity index (χ0) is 21.2. The van der Waals surface area contributed by atoms with Gasteiger partial charge in [0.15, 0.2) is 0 Å². The lowest BCUT2D eigenvalue weighted by Crippen LogP contribution is -2.36. The third-order valence-corrected chi connectivity index (χ3v) is 5.33. The molecule has 0 radical (unpaired) electrons. The Hall–Kier alpha value is -2.55. The van der Waals surface area contributed by atoms with Gasteiger partial charge in [-0.2, -0.15) is 13.2 Å². The highest BCUT2D eigenvalue weighted by molar-refractivity contribution is 6.30. The van der Waals surface area contributed by atoms with Crippen LogP contribution in [0.1, 0.15) is 42.4 Å². The number of piperidine rings is 1. The lowest BCUT2D eigenvalue weighted by molar-refractivity contribution is -0.137. The summed E-state index contributed by atoms with van der Waals surface area (Å²) >= 11 is 5.66. The number of amides is 1. The van der Waals surface area contributed by atoms with Crippen molar-refractivity contribution in [2.24, 2.45) is 0 Å². The number of likely N-dealkylation sites (tertiary alicyclic amines) is 1. The largest absolute Gasteiger partial charge is 0.465 e. The first-order chi connectivity index (χ1) is 13.7. The van der Waals surface area contributed by atoms with Crippen molar-refractivity contribution in [3.8, 4) is 0 Å². The molecule has 1 amide bonds. The molecule has 1 fully saturated rings. The molecule has 0 atom stereocenters. The normalized spacial score (nSPS) is 15.4. The summed E-state index contributed by atoms with van der Waals surface area (Å²) in [5, 5.41) is 11.3. The van der Waals surface area contributed by atoms with Crippen LogP contribution >= 0.6 is 11.6 Å². The molecular weight excluding hydrogens is 409 g/mol. The Morgan fingerprint density at radius 1 is 1.34 bits per heavy atom. The van der Waals surface area contributed by atoms with Gasteiger partial charge in [-0.3, -0.25) is 0 Å². The fourth-order valence-corrected chi connectivity index (χ4v) is 3.65. The third-order valence-electron chi connectivity index (χ3n) is 5.04. The van der Waals surface area contributed by atoms with Crippen molar-refractivity contribution < 1.29 is 23.1 Å². The van der Waals surface area contributed by atoms with Gasteiger partial charge in [-0.05, 0) is 42.4 Å². The lowest BCUT2D eigenvalue weighted by atomic mass is 9.88. The molecule has 156 valence electrons. The summed E-state index contributed by atoms with van der Waals surface area (Å²) in [6, 6.07) is 5.82. The summed E-state index contributed by atoms with van der Waals surface area (Å²) in [5.41, 5.74) is 1.69. The van der Waals surface area contributed by atoms with E-state index in [2.05, 4.69) is 15.3 Å². The van der Waals surface area contributed by atoms with Crippen LogP contribution in [0.2, 0.25) is 5.15 Å². The number of rotatable bonds is 4. The summed E-state index contributed by atoms with van der Waals surface area (Å²) in [6.45, 7) is 2.97. The molecule has 1 aromatic heterocycles. The van der Waals surface area contributed by atoms with Gasteiger partial charge in [0.25, 0.3) is 0 Å². The fourth-order valence-electron chi connectivity index (χ4n) is 3.42. The van der Waals surface area contributed by atoms with Crippen LogP contribution in [0.5, 0.6) is 0 Å². The Kier molecular flexibility index (Phi) is 6.16. The molecule has 1 aromatic carbocycles. The zero-order valence-corrected chi connectivity index (χ0v) is 16.4. The summed E-state index contributed by atoms with van der Waals surface area (Å²) in [4.78, 5) is 19.9. The predicted molar refractivity (Wildman–Crippen MR) is 103 cm³/mol. The van der Waals surface area contributed by atoms with E-state index in [0.717, 1.165) is 24.0 Å². The van der Waals surface area contributed by atoms with Crippen LogP contribution in [0.4, 0.5) is 29.6 Å². The highest BCUT2D eigenvalue weighted by atomic mass is 35.5. The van der Waals surface area contributed by atoms with Gasteiger partial charge in [-0.25, -0.2) is 14.8 Å². The monoisotopic (exact) mass is 428 g/mol. The first kappa shape index (κ1) is 21.2. The summed E-state index contributed by atoms with van der Waals surface area (Å²) in [6.07, 6.45) is -2.65. The highest BCUT2D eigenvalue weighted by Crippen LogP contribution is 2.34. The van der Waals surface area contributed by atoms with Gasteiger partial charge in [-0.15, -0.1) is 0 Å². The summed E-state index contributed by atoms with van der Waals surface area (Å²) in [5.74, 6) is 0.252. The lowest BCUT2D eigenvalue weighted by Gasteiger charge is -2.30. The van der Waals surface area contributed by atoms with Gasteiger partial charge in [0.2, 0.25) is 5.95 Å². The molecule has 0 spiro atoms. The van der Waals surface area contributed by atoms with Crippen LogP contribution in [0.25, 0.3) is 0 Å². The molecular formula is C19H20ClF3N4O2. The minimum Gasteiger partial charge on any atom is -0.465 e. The Morgan fingerprint density at radius 3 is 2.59 bits per heavy atom. The number of carbonyl (C=O) groups is 1. The van der Waals surface area contributed by atoms with Gasteiger partial charge < -0.3 is 15.3 Å². The Morgan fingerprint density at radius 2 is 2.03 bits per heavy atom. The molecule has 2 aromatic rings. The average molecular weight is 429 g/mol. The van der Waals surface area contributed by atoms with Crippen LogP contribution in [-0.4, -0.2) is 39.2 Å². The molecule has 1 saturated heterocycles. The number of benzene rings is 1. The second kappa shape index (κ2) is 8.44. The number of alkyl halides is 3. The van der Waals surface area contributed by atoms with Crippen molar-refractivity contribution in [1.29, 1.82) is 0 Å². The van der Waals surface area contributed by atoms with Crippen molar-refractivity contribution in [3.05, 3.63) is 46.2 Å². The molecule has 2 heterocycles. The third kappa shape index (κ3) is 4.90. The first-order valence-electron chi connectivity index (χ1n) is 9.16. The van der Waals surface area contributed by atoms with E-state index in [9.17, 15) is 18.0 Å². The van der Waals surface area contributed by atoms with Crippen molar-refractivity contribution in [2.45, 2.75) is 38.3 Å². The topological polar surface area (TPSA) is 78.4 Å². The number of halogens is 4. The maximum atomic E-state index is 12.8. The zero-order valence-electron chi connectivity index (χ0n) is 15.6. The molecule has 3 rings (SSSR count). The fraction of sp³-hybridized carbons (Fsp3) is 0.421. The highest BCUT2D eigenvalue weighted by Gasteiger charge is 2.34. The van der Waals surface area contributed by atoms with E-state index in [4.69, 9.17) is 16.7 Å². The van der Waals surface area contributed by atoms with Gasteiger partial charge in [0.05, 0.1) is 0 Å². The number of hydrogen-bond donors (Lipinski definition) is 2. The number of nitrogens with zero attached hydrogens (tertiary/aromatic N) is 3. The first-order valence-corrected chi connectivity index (χ1v) is 9.54. The molecule has 0 saturated carbocycles. The van der Waals surface area contributed by atoms with E-state index in [1.54, 1.807) is 0 Å². The van der Waals surface area contributed by atoms with Gasteiger partial charge in [0, 0.05) is 25.0 Å². The molecule has 10 heteroatoms. The Bertz CT molecular complexity index is 900. The average Bonchev–Trinajstić information content (AvgIpc) is 2.67. The number of carboxylic acid groups (broad SMARTS) is 1. The van der Waals surface area contributed by atoms with Crippen molar-refractivity contribution in [2.75, 3.05) is 18.4 Å². The van der Waals surface area contributed by atoms with E-state index in [-0.39, 0.29) is 11.9 Å². The number of aromatic nitrogens is 2. The quantitative estimate of drug-likeness (QED) is 0.645. The maximum absolute atomic E-state index is 12.8. The minimum absolute atomic E-state index is 0.0137. The second-order valence-corrected chi connectivity index (χ2v) is 7.19. The molecule has 0 bridgehead atoms. The van der Waals surface area contributed by atoms with Crippen LogP contribution < -0.4 is 5.32 Å². The van der Waals surface area contributed by atoms with Crippen LogP contribution in [0.3, 0.4) is 0 Å². The molecule has 29 heavy (non-hydrogen) atoms. The van der Waals surface area contributed by atoms with E-state index in [0.29, 0.717) is 31.4 Å². The summed E-state index contributed by atoms with van der Waals surface area (Å²) in [7, 11) is 0. The van der Waals surface area contributed by atoms with Crippen LogP contribution in [0, 0.1) is 0 Å². The molecule has 0 unspecified atom stereocenters. The van der Waals surface area contributed by atoms with Crippen molar-refractivity contribution >= 4 is 29.3 Å². The van der Waals surface area contributed by atoms with E-state index >= 15 is 0 Å². The SMILES string of the molecule is CCc1cc(C2CCN(C(=O)O)CC2)ccc1Nc1ncc(C(F)(F)F)c(Cl)n1. The standard InChI is InChI=1S/C19H20ClF3N4O2/c1-2-11-9-13(12-5-7-27(8-6-12)18(28)29)3-4-15(11)25-17-24-10-14(16(20)26-17)19(21,22)23/h3-4,9-10,12H,2,5-8H2,1H3,(H,28,29)(H,24,25,26). The molecule has 6 nitrogen and oxygen atoms in total. The minimum atomic E-state index is -4.61. The second-order valence-electron chi connectivity index (χ2n) is 6.83. The van der Waals surface area contributed by atoms with E-state index in [1.807, 2.05) is 25.1 Å². The number of hydrogen-bond acceptors (Lipinski definition) is 4. The smallest absolute Gasteiger partial charge is 0.420 e. The van der Waals surface area contributed by atoms with E-state index < -0.39 is 23.0 Å². The van der Waals surface area contributed by atoms with Gasteiger partial charge in [0.1, 0.15) is 10.7 Å². The van der Waals surface area contributed by atoms with Crippen LogP contribution in [-0.2, 0) is 12.6 Å². The maximum Gasteiger partial charge on any atom is 0.420 e. The van der Waals surface area contributed by atoms with Gasteiger partial charge in [-0.1, -0.05) is 30.7 Å². The number of aryl methyl sites for hydroxylation is 1. The Labute approximate surface area is 170 Å². The van der Waals surface area contributed by atoms with E-state index in [1.165, 1.54) is 4.90 Å². The predicted octanol–water partition coefficient (Wildman–Crippen LogP) is 5.31. The van der Waals surface area contributed by atoms with Crippen molar-refractivity contribution in [1.82, 2.24) is 14.9 Å². The Balaban J connectivity index is 1.76. The number of anilines is 2.